The van der Waals surface area contributed by atoms with Crippen LogP contribution in [-0.2, 0) is 4.79 Å². The van der Waals surface area contributed by atoms with Crippen LogP contribution < -0.4 is 10.1 Å². The molecule has 4 nitrogen and oxygen atoms in total. The number of hydrogen-bond donors (Lipinski definition) is 2. The summed E-state index contributed by atoms with van der Waals surface area (Å²) in [5.41, 5.74) is 1.58. The van der Waals surface area contributed by atoms with Gasteiger partial charge < -0.3 is 15.2 Å². The van der Waals surface area contributed by atoms with Crippen molar-refractivity contribution in [1.82, 2.24) is 0 Å². The lowest BCUT2D eigenvalue weighted by molar-refractivity contribution is -0.116. The Morgan fingerprint density at radius 3 is 2.76 bits per heavy atom. The predicted octanol–water partition coefficient (Wildman–Crippen LogP) is 3.50. The largest absolute Gasteiger partial charge is 0.506 e. The van der Waals surface area contributed by atoms with Crippen molar-refractivity contribution in [2.45, 2.75) is 19.8 Å². The van der Waals surface area contributed by atoms with Gasteiger partial charge in [-0.1, -0.05) is 24.3 Å². The Bertz CT molecular complexity index is 610. The van der Waals surface area contributed by atoms with Crippen LogP contribution in [0, 0.1) is 6.92 Å². The molecule has 2 N–H and O–H groups in total. The van der Waals surface area contributed by atoms with Crippen LogP contribution in [0.25, 0.3) is 0 Å². The van der Waals surface area contributed by atoms with E-state index in [0.717, 1.165) is 11.3 Å². The van der Waals surface area contributed by atoms with Gasteiger partial charge in [0.15, 0.2) is 0 Å². The summed E-state index contributed by atoms with van der Waals surface area (Å²) in [6, 6.07) is 14.5. The van der Waals surface area contributed by atoms with E-state index in [9.17, 15) is 9.90 Å². The molecule has 2 aromatic rings. The van der Waals surface area contributed by atoms with Gasteiger partial charge >= 0.3 is 0 Å². The summed E-state index contributed by atoms with van der Waals surface area (Å²) in [4.78, 5) is 11.8. The first-order valence-corrected chi connectivity index (χ1v) is 6.92. The Morgan fingerprint density at radius 2 is 2.00 bits per heavy atom. The predicted molar refractivity (Wildman–Crippen MR) is 82.6 cm³/mol. The van der Waals surface area contributed by atoms with Crippen molar-refractivity contribution in [3.05, 3.63) is 54.1 Å². The Balaban J connectivity index is 1.71. The number of aryl methyl sites for hydroxylation is 1. The van der Waals surface area contributed by atoms with Crippen molar-refractivity contribution in [3.8, 4) is 11.5 Å². The van der Waals surface area contributed by atoms with E-state index in [1.165, 1.54) is 6.07 Å². The first-order valence-electron chi connectivity index (χ1n) is 6.92. The number of carbonyl (C=O) groups excluding carboxylic acids is 1. The summed E-state index contributed by atoms with van der Waals surface area (Å²) < 4.78 is 5.58. The molecule has 0 fully saturated rings. The minimum atomic E-state index is -0.135. The highest BCUT2D eigenvalue weighted by atomic mass is 16.5. The zero-order chi connectivity index (χ0) is 15.1. The van der Waals surface area contributed by atoms with E-state index in [2.05, 4.69) is 5.32 Å². The van der Waals surface area contributed by atoms with Crippen molar-refractivity contribution in [1.29, 1.82) is 0 Å². The number of hydrogen-bond acceptors (Lipinski definition) is 3. The fourth-order valence-electron chi connectivity index (χ4n) is 1.92. The summed E-state index contributed by atoms with van der Waals surface area (Å²) in [6.45, 7) is 2.49. The fourth-order valence-corrected chi connectivity index (χ4v) is 1.92. The number of phenolic OH excluding ortho intramolecular Hbond substituents is 1. The highest BCUT2D eigenvalue weighted by Gasteiger charge is 2.05. The van der Waals surface area contributed by atoms with Crippen molar-refractivity contribution in [2.75, 3.05) is 11.9 Å². The average molecular weight is 285 g/mol. The minimum absolute atomic E-state index is 0.0712. The highest BCUT2D eigenvalue weighted by Crippen LogP contribution is 2.21. The molecular weight excluding hydrogens is 266 g/mol. The molecule has 0 aliphatic carbocycles. The van der Waals surface area contributed by atoms with Crippen LogP contribution in [0.4, 0.5) is 5.69 Å². The number of aromatic hydroxyl groups is 1. The first kappa shape index (κ1) is 14.9. The molecule has 4 heteroatoms. The quantitative estimate of drug-likeness (QED) is 0.631. The summed E-state index contributed by atoms with van der Waals surface area (Å²) in [5, 5.41) is 12.2. The number of para-hydroxylation sites is 2. The van der Waals surface area contributed by atoms with Gasteiger partial charge in [0.05, 0.1) is 12.3 Å². The molecule has 1 amide bonds. The summed E-state index contributed by atoms with van der Waals surface area (Å²) in [7, 11) is 0. The lowest BCUT2D eigenvalue weighted by atomic mass is 10.2. The Labute approximate surface area is 124 Å². The molecule has 0 bridgehead atoms. The maximum atomic E-state index is 11.8. The van der Waals surface area contributed by atoms with Crippen LogP contribution in [0.1, 0.15) is 18.4 Å². The average Bonchev–Trinajstić information content (AvgIpc) is 2.46. The Morgan fingerprint density at radius 1 is 1.19 bits per heavy atom. The zero-order valence-corrected chi connectivity index (χ0v) is 12.0. The SMILES string of the molecule is Cc1cccc(OCCCC(=O)Nc2ccccc2O)c1. The van der Waals surface area contributed by atoms with Gasteiger partial charge in [0.2, 0.25) is 5.91 Å². The van der Waals surface area contributed by atoms with E-state index in [1.807, 2.05) is 31.2 Å². The number of amides is 1. The number of phenols is 1. The molecule has 0 aliphatic rings. The summed E-state index contributed by atoms with van der Waals surface area (Å²) in [5.74, 6) is 0.752. The number of anilines is 1. The molecule has 0 aromatic heterocycles. The molecule has 0 spiro atoms. The molecule has 0 saturated heterocycles. The standard InChI is InChI=1S/C17H19NO3/c1-13-6-4-7-14(12-13)21-11-5-10-17(20)18-15-8-2-3-9-16(15)19/h2-4,6-9,12,19H,5,10-11H2,1H3,(H,18,20). The second-order valence-electron chi connectivity index (χ2n) is 4.83. The second kappa shape index (κ2) is 7.33. The third kappa shape index (κ3) is 4.84. The second-order valence-corrected chi connectivity index (χ2v) is 4.83. The molecule has 0 unspecified atom stereocenters. The van der Waals surface area contributed by atoms with Gasteiger partial charge in [0, 0.05) is 6.42 Å². The van der Waals surface area contributed by atoms with E-state index >= 15 is 0 Å². The van der Waals surface area contributed by atoms with Gasteiger partial charge in [0.1, 0.15) is 11.5 Å². The van der Waals surface area contributed by atoms with Crippen molar-refractivity contribution in [3.63, 3.8) is 0 Å². The smallest absolute Gasteiger partial charge is 0.224 e. The minimum Gasteiger partial charge on any atom is -0.506 e. The van der Waals surface area contributed by atoms with Crippen molar-refractivity contribution < 1.29 is 14.6 Å². The molecule has 0 aliphatic heterocycles. The molecule has 0 saturated carbocycles. The van der Waals surface area contributed by atoms with E-state index in [0.29, 0.717) is 25.1 Å². The molecule has 2 aromatic carbocycles. The molecule has 0 heterocycles. The summed E-state index contributed by atoms with van der Waals surface area (Å²) >= 11 is 0. The van der Waals surface area contributed by atoms with E-state index in [4.69, 9.17) is 4.74 Å². The first-order chi connectivity index (χ1) is 10.1. The third-order valence-corrected chi connectivity index (χ3v) is 2.98. The van der Waals surface area contributed by atoms with Gasteiger partial charge in [-0.3, -0.25) is 4.79 Å². The summed E-state index contributed by atoms with van der Waals surface area (Å²) in [6.07, 6.45) is 0.966. The highest BCUT2D eigenvalue weighted by molar-refractivity contribution is 5.92. The molecule has 2 rings (SSSR count). The fraction of sp³-hybridized carbons (Fsp3) is 0.235. The van der Waals surface area contributed by atoms with Crippen LogP contribution in [-0.4, -0.2) is 17.6 Å². The normalized spacial score (nSPS) is 10.1. The molecule has 21 heavy (non-hydrogen) atoms. The van der Waals surface area contributed by atoms with E-state index < -0.39 is 0 Å². The Hall–Kier alpha value is -2.49. The van der Waals surface area contributed by atoms with E-state index in [-0.39, 0.29) is 11.7 Å². The third-order valence-electron chi connectivity index (χ3n) is 2.98. The number of nitrogens with one attached hydrogen (secondary N) is 1. The van der Waals surface area contributed by atoms with Gasteiger partial charge in [-0.2, -0.15) is 0 Å². The molecule has 0 atom stereocenters. The van der Waals surface area contributed by atoms with Crippen molar-refractivity contribution >= 4 is 11.6 Å². The maximum absolute atomic E-state index is 11.8. The van der Waals surface area contributed by atoms with E-state index in [1.54, 1.807) is 18.2 Å². The van der Waals surface area contributed by atoms with Crippen LogP contribution in [0.15, 0.2) is 48.5 Å². The van der Waals surface area contributed by atoms with Crippen LogP contribution in [0.3, 0.4) is 0 Å². The number of carbonyl (C=O) groups is 1. The number of benzene rings is 2. The Kier molecular flexibility index (Phi) is 5.21. The molecule has 110 valence electrons. The van der Waals surface area contributed by atoms with Gasteiger partial charge in [0.25, 0.3) is 0 Å². The monoisotopic (exact) mass is 285 g/mol. The lowest BCUT2D eigenvalue weighted by Gasteiger charge is -2.08. The van der Waals surface area contributed by atoms with Crippen molar-refractivity contribution in [2.24, 2.45) is 0 Å². The van der Waals surface area contributed by atoms with Crippen LogP contribution in [0.2, 0.25) is 0 Å². The topological polar surface area (TPSA) is 58.6 Å². The van der Waals surface area contributed by atoms with Gasteiger partial charge in [-0.15, -0.1) is 0 Å². The number of rotatable bonds is 6. The van der Waals surface area contributed by atoms with Gasteiger partial charge in [-0.05, 0) is 43.2 Å². The zero-order valence-electron chi connectivity index (χ0n) is 12.0. The maximum Gasteiger partial charge on any atom is 0.224 e. The molecular formula is C17H19NO3. The number of ether oxygens (including phenoxy) is 1. The van der Waals surface area contributed by atoms with Crippen LogP contribution in [0.5, 0.6) is 11.5 Å². The van der Waals surface area contributed by atoms with Crippen LogP contribution >= 0.6 is 0 Å². The lowest BCUT2D eigenvalue weighted by Crippen LogP contribution is -2.12. The van der Waals surface area contributed by atoms with Gasteiger partial charge in [-0.25, -0.2) is 0 Å². The molecule has 0 radical (unpaired) electrons.